The monoisotopic (exact) mass is 783 g/mol. The van der Waals surface area contributed by atoms with Gasteiger partial charge in [-0.05, 0) is 100 Å². The van der Waals surface area contributed by atoms with E-state index in [0.717, 1.165) is 100 Å². The molecule has 0 amide bonds. The topological polar surface area (TPSA) is 91.4 Å². The summed E-state index contributed by atoms with van der Waals surface area (Å²) in [6, 6.07) is 56.7. The molecule has 0 spiro atoms. The minimum absolute atomic E-state index is 0.354. The fourth-order valence-corrected chi connectivity index (χ4v) is 9.58. The van der Waals surface area contributed by atoms with Crippen molar-refractivity contribution >= 4 is 88.8 Å². The SMILES string of the molecule is N#Cc1ccc(-c2ccc3c4c(oc3c2)C(c2ccc3oc5ccccc5c3c2)NC(c2ccc(-n3c5ccccc5c5cc6ccccc6cc53)c3c2C=CCN3)=N4)cc1. The van der Waals surface area contributed by atoms with E-state index in [1.165, 1.54) is 21.5 Å². The van der Waals surface area contributed by atoms with Crippen LogP contribution in [0.3, 0.4) is 0 Å². The highest BCUT2D eigenvalue weighted by Crippen LogP contribution is 2.46. The Labute approximate surface area is 349 Å². The fourth-order valence-electron chi connectivity index (χ4n) is 9.58. The van der Waals surface area contributed by atoms with Crippen LogP contribution in [0.1, 0.15) is 34.1 Å². The van der Waals surface area contributed by atoms with E-state index in [1.807, 2.05) is 42.5 Å². The van der Waals surface area contributed by atoms with Crippen molar-refractivity contribution < 1.29 is 8.83 Å². The summed E-state index contributed by atoms with van der Waals surface area (Å²) in [5.41, 5.74) is 13.4. The van der Waals surface area contributed by atoms with Gasteiger partial charge >= 0.3 is 0 Å². The predicted molar refractivity (Wildman–Crippen MR) is 247 cm³/mol. The van der Waals surface area contributed by atoms with Gasteiger partial charge in [-0.15, -0.1) is 0 Å². The van der Waals surface area contributed by atoms with Crippen molar-refractivity contribution in [2.75, 3.05) is 11.9 Å². The molecule has 2 aliphatic rings. The Balaban J connectivity index is 1.01. The number of aromatic nitrogens is 1. The number of fused-ring (bicyclic) bond motifs is 11. The maximum atomic E-state index is 9.39. The summed E-state index contributed by atoms with van der Waals surface area (Å²) in [6.45, 7) is 0.711. The number of rotatable bonds is 4. The molecule has 2 aliphatic heterocycles. The van der Waals surface area contributed by atoms with Crippen molar-refractivity contribution in [1.29, 1.82) is 5.26 Å². The van der Waals surface area contributed by atoms with E-state index in [2.05, 4.69) is 149 Å². The lowest BCUT2D eigenvalue weighted by molar-refractivity contribution is 0.504. The molecule has 3 aromatic heterocycles. The zero-order valence-electron chi connectivity index (χ0n) is 32.6. The number of nitrogens with one attached hydrogen (secondary N) is 2. The van der Waals surface area contributed by atoms with Crippen LogP contribution in [0, 0.1) is 11.3 Å². The van der Waals surface area contributed by atoms with E-state index < -0.39 is 0 Å². The first-order valence-electron chi connectivity index (χ1n) is 20.5. The molecule has 11 aromatic rings. The third-order valence-electron chi connectivity index (χ3n) is 12.5. The van der Waals surface area contributed by atoms with Crippen molar-refractivity contribution in [2.24, 2.45) is 4.99 Å². The van der Waals surface area contributed by atoms with Gasteiger partial charge in [0, 0.05) is 44.6 Å². The maximum absolute atomic E-state index is 9.39. The maximum Gasteiger partial charge on any atom is 0.157 e. The lowest BCUT2D eigenvalue weighted by atomic mass is 9.95. The van der Waals surface area contributed by atoms with Crippen LogP contribution in [-0.4, -0.2) is 16.9 Å². The van der Waals surface area contributed by atoms with Gasteiger partial charge in [-0.25, -0.2) is 4.99 Å². The van der Waals surface area contributed by atoms with Gasteiger partial charge in [0.25, 0.3) is 0 Å². The zero-order valence-corrected chi connectivity index (χ0v) is 32.6. The Morgan fingerprint density at radius 2 is 1.41 bits per heavy atom. The van der Waals surface area contributed by atoms with Gasteiger partial charge in [0.1, 0.15) is 34.3 Å². The highest BCUT2D eigenvalue weighted by molar-refractivity contribution is 6.15. The van der Waals surface area contributed by atoms with E-state index in [1.54, 1.807) is 0 Å². The summed E-state index contributed by atoms with van der Waals surface area (Å²) in [7, 11) is 0. The number of nitriles is 1. The summed E-state index contributed by atoms with van der Waals surface area (Å²) >= 11 is 0. The second-order valence-corrected chi connectivity index (χ2v) is 15.9. The van der Waals surface area contributed by atoms with Crippen molar-refractivity contribution in [2.45, 2.75) is 6.04 Å². The molecule has 5 heterocycles. The summed E-state index contributed by atoms with van der Waals surface area (Å²) in [5.74, 6) is 1.51. The number of nitrogens with zero attached hydrogens (tertiary/aromatic N) is 3. The average Bonchev–Trinajstić information content (AvgIpc) is 3.99. The van der Waals surface area contributed by atoms with Crippen LogP contribution in [0.5, 0.6) is 0 Å². The predicted octanol–water partition coefficient (Wildman–Crippen LogP) is 13.3. The second kappa shape index (κ2) is 12.8. The first kappa shape index (κ1) is 33.6. The van der Waals surface area contributed by atoms with Crippen LogP contribution in [0.4, 0.5) is 11.4 Å². The number of hydrogen-bond acceptors (Lipinski definition) is 6. The number of aliphatic imine (C=N–C) groups is 1. The van der Waals surface area contributed by atoms with Gasteiger partial charge in [0.2, 0.25) is 0 Å². The van der Waals surface area contributed by atoms with E-state index >= 15 is 0 Å². The van der Waals surface area contributed by atoms with Crippen LogP contribution in [-0.2, 0) is 0 Å². The fraction of sp³-hybridized carbons (Fsp3) is 0.0370. The lowest BCUT2D eigenvalue weighted by Crippen LogP contribution is -2.33. The molecule has 7 heteroatoms. The molecule has 1 unspecified atom stereocenters. The molecule has 13 rings (SSSR count). The molecule has 0 radical (unpaired) electrons. The van der Waals surface area contributed by atoms with Crippen LogP contribution < -0.4 is 10.6 Å². The zero-order chi connectivity index (χ0) is 40.2. The smallest absolute Gasteiger partial charge is 0.157 e. The highest BCUT2D eigenvalue weighted by Gasteiger charge is 2.32. The Kier molecular flexibility index (Phi) is 7.07. The molecule has 0 saturated carbocycles. The molecule has 0 bridgehead atoms. The molecule has 1 atom stereocenters. The Hall–Kier alpha value is -8.34. The molecule has 61 heavy (non-hydrogen) atoms. The minimum atomic E-state index is -0.354. The normalized spacial score (nSPS) is 14.6. The Morgan fingerprint density at radius 3 is 2.30 bits per heavy atom. The van der Waals surface area contributed by atoms with Crippen molar-refractivity contribution in [3.8, 4) is 22.9 Å². The largest absolute Gasteiger partial charge is 0.456 e. The van der Waals surface area contributed by atoms with Crippen LogP contribution >= 0.6 is 0 Å². The average molecular weight is 784 g/mol. The first-order chi connectivity index (χ1) is 30.2. The molecule has 8 aromatic carbocycles. The minimum Gasteiger partial charge on any atom is -0.456 e. The van der Waals surface area contributed by atoms with E-state index in [0.29, 0.717) is 12.1 Å². The number of hydrogen-bond donors (Lipinski definition) is 2. The van der Waals surface area contributed by atoms with Crippen molar-refractivity contribution in [1.82, 2.24) is 9.88 Å². The first-order valence-corrected chi connectivity index (χ1v) is 20.5. The third kappa shape index (κ3) is 5.06. The molecule has 0 saturated heterocycles. The van der Waals surface area contributed by atoms with Crippen molar-refractivity contribution in [3.63, 3.8) is 0 Å². The van der Waals surface area contributed by atoms with Gasteiger partial charge < -0.3 is 24.0 Å². The molecule has 0 fully saturated rings. The number of furan rings is 2. The lowest BCUT2D eigenvalue weighted by Gasteiger charge is -2.27. The van der Waals surface area contributed by atoms with E-state index in [-0.39, 0.29) is 6.04 Å². The molecule has 0 aliphatic carbocycles. The number of para-hydroxylation sites is 2. The molecular formula is C54H33N5O2. The number of anilines is 1. The molecule has 2 N–H and O–H groups in total. The third-order valence-corrected chi connectivity index (χ3v) is 12.5. The quantitative estimate of drug-likeness (QED) is 0.185. The van der Waals surface area contributed by atoms with Gasteiger partial charge in [-0.3, -0.25) is 0 Å². The van der Waals surface area contributed by atoms with Gasteiger partial charge in [-0.1, -0.05) is 97.1 Å². The van der Waals surface area contributed by atoms with Gasteiger partial charge in [-0.2, -0.15) is 5.26 Å². The molecule has 286 valence electrons. The summed E-state index contributed by atoms with van der Waals surface area (Å²) in [4.78, 5) is 5.43. The number of amidine groups is 1. The van der Waals surface area contributed by atoms with Gasteiger partial charge in [0.05, 0.1) is 34.0 Å². The van der Waals surface area contributed by atoms with Crippen LogP contribution in [0.2, 0.25) is 0 Å². The van der Waals surface area contributed by atoms with Gasteiger partial charge in [0.15, 0.2) is 5.76 Å². The number of benzene rings is 8. The van der Waals surface area contributed by atoms with E-state index in [9.17, 15) is 5.26 Å². The summed E-state index contributed by atoms with van der Waals surface area (Å²) in [6.07, 6.45) is 4.40. The molecular weight excluding hydrogens is 751 g/mol. The summed E-state index contributed by atoms with van der Waals surface area (Å²) in [5, 5.41) is 25.0. The van der Waals surface area contributed by atoms with Crippen molar-refractivity contribution in [3.05, 3.63) is 192 Å². The molecule has 7 nitrogen and oxygen atoms in total. The van der Waals surface area contributed by atoms with Crippen LogP contribution in [0.25, 0.3) is 88.4 Å². The Bertz CT molecular complexity index is 3760. The van der Waals surface area contributed by atoms with E-state index in [4.69, 9.17) is 13.8 Å². The second-order valence-electron chi connectivity index (χ2n) is 15.9. The summed E-state index contributed by atoms with van der Waals surface area (Å²) < 4.78 is 15.5. The standard InChI is InChI=1S/C54H33N5O2/c55-30-31-15-17-32(18-16-31)35-19-21-41-49(29-35)61-53-50(36-20-24-48-43(27-36)38-11-4-6-14-47(38)60-48)57-54(58-52(41)53)40-22-23-45(51-39(40)12-7-25-56-51)59-44-13-5-3-10-37(44)42-26-33-8-1-2-9-34(33)28-46(42)59/h1-24,26-29,50,56H,25H2,(H,57,58). The highest BCUT2D eigenvalue weighted by atomic mass is 16.3. The van der Waals surface area contributed by atoms with Crippen LogP contribution in [0.15, 0.2) is 178 Å². The Morgan fingerprint density at radius 1 is 0.623 bits per heavy atom.